The number of aryl methyl sites for hydroxylation is 2. The van der Waals surface area contributed by atoms with E-state index in [1.807, 2.05) is 42.9 Å². The van der Waals surface area contributed by atoms with Crippen LogP contribution < -0.4 is 5.32 Å². The van der Waals surface area contributed by atoms with Crippen LogP contribution in [0.4, 0.5) is 5.69 Å². The van der Waals surface area contributed by atoms with Gasteiger partial charge in [-0.05, 0) is 38.0 Å². The molecule has 2 rings (SSSR count). The van der Waals surface area contributed by atoms with Crippen LogP contribution in [0.1, 0.15) is 22.5 Å². The van der Waals surface area contributed by atoms with Crippen LogP contribution in [-0.4, -0.2) is 21.5 Å². The smallest absolute Gasteiger partial charge is 0.0646 e. The van der Waals surface area contributed by atoms with Gasteiger partial charge in [0.25, 0.3) is 0 Å². The highest BCUT2D eigenvalue weighted by Crippen LogP contribution is 2.15. The number of rotatable bonds is 5. The van der Waals surface area contributed by atoms with E-state index in [1.54, 1.807) is 0 Å². The van der Waals surface area contributed by atoms with Crippen LogP contribution in [0.25, 0.3) is 0 Å². The minimum atomic E-state index is 0.195. The lowest BCUT2D eigenvalue weighted by molar-refractivity contribution is 0.299. The van der Waals surface area contributed by atoms with Gasteiger partial charge in [0, 0.05) is 37.1 Å². The highest BCUT2D eigenvalue weighted by molar-refractivity contribution is 5.45. The molecule has 0 radical (unpaired) electrons. The molecule has 4 nitrogen and oxygen atoms in total. The van der Waals surface area contributed by atoms with Gasteiger partial charge >= 0.3 is 0 Å². The summed E-state index contributed by atoms with van der Waals surface area (Å²) in [7, 11) is 1.97. The molecule has 2 aromatic rings. The third-order valence-corrected chi connectivity index (χ3v) is 3.48. The van der Waals surface area contributed by atoms with Crippen molar-refractivity contribution >= 4 is 5.69 Å². The minimum Gasteiger partial charge on any atom is -0.396 e. The van der Waals surface area contributed by atoms with Crippen molar-refractivity contribution in [3.63, 3.8) is 0 Å². The van der Waals surface area contributed by atoms with Crippen LogP contribution in [0.5, 0.6) is 0 Å². The zero-order valence-electron chi connectivity index (χ0n) is 11.8. The molecule has 0 aliphatic rings. The molecule has 4 heteroatoms. The summed E-state index contributed by atoms with van der Waals surface area (Å²) in [6.45, 7) is 5.10. The van der Waals surface area contributed by atoms with Crippen molar-refractivity contribution < 1.29 is 5.11 Å². The number of hydrogen-bond acceptors (Lipinski definition) is 3. The number of aliphatic hydroxyl groups is 1. The number of hydrogen-bond donors (Lipinski definition) is 2. The van der Waals surface area contributed by atoms with Gasteiger partial charge in [0.2, 0.25) is 0 Å². The van der Waals surface area contributed by atoms with E-state index in [0.29, 0.717) is 6.42 Å². The summed E-state index contributed by atoms with van der Waals surface area (Å²) in [6, 6.07) is 8.18. The maximum atomic E-state index is 8.88. The number of nitrogens with one attached hydrogen (secondary N) is 1. The first-order valence-corrected chi connectivity index (χ1v) is 6.54. The van der Waals surface area contributed by atoms with Gasteiger partial charge in [0.15, 0.2) is 0 Å². The van der Waals surface area contributed by atoms with E-state index in [4.69, 9.17) is 5.11 Å². The van der Waals surface area contributed by atoms with Crippen molar-refractivity contribution in [3.8, 4) is 0 Å². The summed E-state index contributed by atoms with van der Waals surface area (Å²) in [6.07, 6.45) is 0.709. The van der Waals surface area contributed by atoms with E-state index < -0.39 is 0 Å². The first-order chi connectivity index (χ1) is 9.11. The Balaban J connectivity index is 2.02. The van der Waals surface area contributed by atoms with Crippen molar-refractivity contribution in [1.82, 2.24) is 9.78 Å². The molecule has 0 saturated carbocycles. The standard InChI is InChI=1S/C15H21N3O/c1-11-15(12(2)18(3)17-11)10-16-14-6-4-13(5-7-14)8-9-19/h4-7,16,19H,8-10H2,1-3H3. The fourth-order valence-corrected chi connectivity index (χ4v) is 2.18. The van der Waals surface area contributed by atoms with E-state index in [2.05, 4.69) is 17.3 Å². The number of aliphatic hydroxyl groups excluding tert-OH is 1. The second-order valence-corrected chi connectivity index (χ2v) is 4.80. The maximum absolute atomic E-state index is 8.88. The van der Waals surface area contributed by atoms with Gasteiger partial charge in [0.1, 0.15) is 0 Å². The van der Waals surface area contributed by atoms with Crippen LogP contribution in [-0.2, 0) is 20.0 Å². The molecule has 102 valence electrons. The van der Waals surface area contributed by atoms with Gasteiger partial charge in [-0.3, -0.25) is 4.68 Å². The molecular formula is C15H21N3O. The molecule has 0 aliphatic heterocycles. The average molecular weight is 259 g/mol. The zero-order valence-corrected chi connectivity index (χ0v) is 11.8. The minimum absolute atomic E-state index is 0.195. The molecule has 1 aromatic carbocycles. The lowest BCUT2D eigenvalue weighted by atomic mass is 10.1. The lowest BCUT2D eigenvalue weighted by Gasteiger charge is -2.08. The Bertz CT molecular complexity index is 543. The highest BCUT2D eigenvalue weighted by atomic mass is 16.2. The quantitative estimate of drug-likeness (QED) is 0.865. The van der Waals surface area contributed by atoms with E-state index in [0.717, 1.165) is 23.5 Å². The summed E-state index contributed by atoms with van der Waals surface area (Å²) in [5.41, 5.74) is 5.76. The Morgan fingerprint density at radius 2 is 1.89 bits per heavy atom. The maximum Gasteiger partial charge on any atom is 0.0646 e. The van der Waals surface area contributed by atoms with Gasteiger partial charge in [-0.2, -0.15) is 5.10 Å². The van der Waals surface area contributed by atoms with Crippen molar-refractivity contribution in [2.75, 3.05) is 11.9 Å². The molecule has 1 aromatic heterocycles. The van der Waals surface area contributed by atoms with Gasteiger partial charge in [-0.1, -0.05) is 12.1 Å². The van der Waals surface area contributed by atoms with Gasteiger partial charge in [-0.15, -0.1) is 0 Å². The molecule has 0 spiro atoms. The molecular weight excluding hydrogens is 238 g/mol. The Labute approximate surface area is 114 Å². The third-order valence-electron chi connectivity index (χ3n) is 3.48. The molecule has 0 aliphatic carbocycles. The van der Waals surface area contributed by atoms with Crippen LogP contribution >= 0.6 is 0 Å². The average Bonchev–Trinajstić information content (AvgIpc) is 2.64. The van der Waals surface area contributed by atoms with Crippen molar-refractivity contribution in [3.05, 3.63) is 46.8 Å². The number of nitrogens with zero attached hydrogens (tertiary/aromatic N) is 2. The van der Waals surface area contributed by atoms with Crippen LogP contribution in [0, 0.1) is 13.8 Å². The summed E-state index contributed by atoms with van der Waals surface area (Å²) in [5, 5.41) is 16.7. The lowest BCUT2D eigenvalue weighted by Crippen LogP contribution is -2.02. The number of aromatic nitrogens is 2. The number of anilines is 1. The van der Waals surface area contributed by atoms with E-state index in [9.17, 15) is 0 Å². The molecule has 2 N–H and O–H groups in total. The Kier molecular flexibility index (Phi) is 4.22. The van der Waals surface area contributed by atoms with Crippen LogP contribution in [0.2, 0.25) is 0 Å². The molecule has 0 saturated heterocycles. The molecule has 19 heavy (non-hydrogen) atoms. The third kappa shape index (κ3) is 3.15. The van der Waals surface area contributed by atoms with Crippen LogP contribution in [0.3, 0.4) is 0 Å². The zero-order chi connectivity index (χ0) is 13.8. The summed E-state index contributed by atoms with van der Waals surface area (Å²) in [4.78, 5) is 0. The van der Waals surface area contributed by atoms with Crippen LogP contribution in [0.15, 0.2) is 24.3 Å². The monoisotopic (exact) mass is 259 g/mol. The number of benzene rings is 1. The second-order valence-electron chi connectivity index (χ2n) is 4.80. The topological polar surface area (TPSA) is 50.1 Å². The molecule has 0 fully saturated rings. The van der Waals surface area contributed by atoms with E-state index >= 15 is 0 Å². The molecule has 0 unspecified atom stereocenters. The van der Waals surface area contributed by atoms with Gasteiger partial charge < -0.3 is 10.4 Å². The Hall–Kier alpha value is -1.81. The summed E-state index contributed by atoms with van der Waals surface area (Å²) < 4.78 is 1.91. The van der Waals surface area contributed by atoms with Gasteiger partial charge in [0.05, 0.1) is 5.69 Å². The normalized spacial score (nSPS) is 10.7. The van der Waals surface area contributed by atoms with Crippen molar-refractivity contribution in [2.45, 2.75) is 26.8 Å². The largest absolute Gasteiger partial charge is 0.396 e. The Morgan fingerprint density at radius 1 is 1.21 bits per heavy atom. The first-order valence-electron chi connectivity index (χ1n) is 6.54. The molecule has 0 atom stereocenters. The van der Waals surface area contributed by atoms with Crippen molar-refractivity contribution in [1.29, 1.82) is 0 Å². The first kappa shape index (κ1) is 13.6. The predicted molar refractivity (Wildman–Crippen MR) is 77.2 cm³/mol. The molecule has 1 heterocycles. The van der Waals surface area contributed by atoms with E-state index in [-0.39, 0.29) is 6.61 Å². The fourth-order valence-electron chi connectivity index (χ4n) is 2.18. The molecule has 0 amide bonds. The van der Waals surface area contributed by atoms with Crippen molar-refractivity contribution in [2.24, 2.45) is 7.05 Å². The molecule has 0 bridgehead atoms. The second kappa shape index (κ2) is 5.89. The Morgan fingerprint density at radius 3 is 2.42 bits per heavy atom. The predicted octanol–water partition coefficient (Wildman–Crippen LogP) is 2.18. The summed E-state index contributed by atoms with van der Waals surface area (Å²) >= 11 is 0. The van der Waals surface area contributed by atoms with Gasteiger partial charge in [-0.25, -0.2) is 0 Å². The fraction of sp³-hybridized carbons (Fsp3) is 0.400. The highest BCUT2D eigenvalue weighted by Gasteiger charge is 2.08. The van der Waals surface area contributed by atoms with E-state index in [1.165, 1.54) is 11.3 Å². The SMILES string of the molecule is Cc1nn(C)c(C)c1CNc1ccc(CCO)cc1. The summed E-state index contributed by atoms with van der Waals surface area (Å²) in [5.74, 6) is 0.